The Morgan fingerprint density at radius 3 is 2.91 bits per heavy atom. The summed E-state index contributed by atoms with van der Waals surface area (Å²) < 4.78 is 1.43. The van der Waals surface area contributed by atoms with Gasteiger partial charge in [-0.25, -0.2) is 0 Å². The monoisotopic (exact) mass is 206 g/mol. The molecule has 0 unspecified atom stereocenters. The molecule has 1 rings (SSSR count). The number of aromatic nitrogens is 2. The first-order valence-electron chi connectivity index (χ1n) is 2.66. The van der Waals surface area contributed by atoms with Gasteiger partial charge in [-0.3, -0.25) is 5.41 Å². The van der Waals surface area contributed by atoms with Crippen molar-refractivity contribution in [3.63, 3.8) is 0 Å². The van der Waals surface area contributed by atoms with Crippen molar-refractivity contribution in [2.45, 2.75) is 8.68 Å². The second-order valence-electron chi connectivity index (χ2n) is 1.66. The Morgan fingerprint density at radius 1 is 1.73 bits per heavy atom. The number of nitrogens with zero attached hydrogens (tertiary/aromatic N) is 2. The van der Waals surface area contributed by atoms with Crippen LogP contribution in [0.2, 0.25) is 0 Å². The summed E-state index contributed by atoms with van der Waals surface area (Å²) >= 11 is 6.77. The number of nitrogens with two attached hydrogens (primary N) is 1. The predicted molar refractivity (Wildman–Crippen MR) is 49.8 cm³/mol. The highest BCUT2D eigenvalue weighted by Gasteiger charge is 2.01. The van der Waals surface area contributed by atoms with Gasteiger partial charge in [-0.15, -0.1) is 22.8 Å². The molecule has 60 valence electrons. The summed E-state index contributed by atoms with van der Waals surface area (Å²) in [6.07, 6.45) is 0. The second kappa shape index (κ2) is 3.93. The highest BCUT2D eigenvalue weighted by molar-refractivity contribution is 8.01. The van der Waals surface area contributed by atoms with Gasteiger partial charge in [0.15, 0.2) is 8.68 Å². The summed E-state index contributed by atoms with van der Waals surface area (Å²) in [4.78, 5) is 0. The zero-order valence-electron chi connectivity index (χ0n) is 5.44. The maximum absolute atomic E-state index is 6.94. The summed E-state index contributed by atoms with van der Waals surface area (Å²) in [5, 5.41) is 14.4. The molecule has 0 bridgehead atoms. The Hall–Kier alpha value is -0.270. The molecule has 0 saturated heterocycles. The Morgan fingerprint density at radius 2 is 2.45 bits per heavy atom. The predicted octanol–water partition coefficient (Wildman–Crippen LogP) is 0.855. The van der Waals surface area contributed by atoms with Crippen molar-refractivity contribution < 1.29 is 0 Å². The van der Waals surface area contributed by atoms with Gasteiger partial charge in [0.2, 0.25) is 0 Å². The molecule has 11 heavy (non-hydrogen) atoms. The average Bonchev–Trinajstić information content (AvgIpc) is 2.31. The minimum Gasteiger partial charge on any atom is -0.387 e. The molecular weight excluding hydrogens is 200 g/mol. The van der Waals surface area contributed by atoms with Gasteiger partial charge in [-0.2, -0.15) is 0 Å². The van der Waals surface area contributed by atoms with Crippen LogP contribution in [0.25, 0.3) is 0 Å². The van der Waals surface area contributed by atoms with E-state index in [1.54, 1.807) is 0 Å². The van der Waals surface area contributed by atoms with Gasteiger partial charge >= 0.3 is 0 Å². The quantitative estimate of drug-likeness (QED) is 0.297. The molecule has 0 amide bonds. The minimum absolute atomic E-state index is 0.144. The fraction of sp³-hybridized carbons (Fsp3) is 0.250. The second-order valence-corrected chi connectivity index (χ2v) is 4.59. The minimum atomic E-state index is 0.144. The van der Waals surface area contributed by atoms with Crippen LogP contribution >= 0.6 is 35.7 Å². The third kappa shape index (κ3) is 3.08. The zero-order valence-corrected chi connectivity index (χ0v) is 7.97. The summed E-state index contributed by atoms with van der Waals surface area (Å²) in [5.41, 5.74) is 5.15. The molecule has 1 heterocycles. The molecule has 1 aromatic heterocycles. The molecular formula is C4H6N4S3. The van der Waals surface area contributed by atoms with Crippen LogP contribution in [0.5, 0.6) is 0 Å². The van der Waals surface area contributed by atoms with Crippen LogP contribution in [-0.2, 0) is 0 Å². The molecule has 0 aliphatic heterocycles. The van der Waals surface area contributed by atoms with Gasteiger partial charge in [0, 0.05) is 0 Å². The normalized spacial score (nSPS) is 9.91. The van der Waals surface area contributed by atoms with E-state index in [2.05, 4.69) is 22.8 Å². The fourth-order valence-corrected chi connectivity index (χ4v) is 2.24. The van der Waals surface area contributed by atoms with Crippen LogP contribution < -0.4 is 5.73 Å². The van der Waals surface area contributed by atoms with Crippen molar-refractivity contribution in [3.8, 4) is 0 Å². The Kier molecular flexibility index (Phi) is 3.16. The molecule has 0 aromatic carbocycles. The van der Waals surface area contributed by atoms with E-state index >= 15 is 0 Å². The number of nitrogens with one attached hydrogen (secondary N) is 1. The largest absolute Gasteiger partial charge is 0.387 e. The van der Waals surface area contributed by atoms with Crippen molar-refractivity contribution in [1.82, 2.24) is 10.2 Å². The molecule has 0 fully saturated rings. The lowest BCUT2D eigenvalue weighted by molar-refractivity contribution is 0.958. The van der Waals surface area contributed by atoms with Crippen molar-refractivity contribution in [3.05, 3.63) is 0 Å². The lowest BCUT2D eigenvalue weighted by Crippen LogP contribution is -2.11. The first kappa shape index (κ1) is 8.82. The maximum Gasteiger partial charge on any atom is 0.175 e. The fourth-order valence-electron chi connectivity index (χ4n) is 0.400. The number of amidine groups is 1. The summed E-state index contributed by atoms with van der Waals surface area (Å²) in [7, 11) is 0. The maximum atomic E-state index is 6.94. The summed E-state index contributed by atoms with van der Waals surface area (Å²) in [5.74, 6) is 0.605. The topological polar surface area (TPSA) is 75.7 Å². The lowest BCUT2D eigenvalue weighted by Gasteiger charge is -1.91. The molecule has 0 saturated carbocycles. The Balaban J connectivity index is 2.45. The van der Waals surface area contributed by atoms with E-state index < -0.39 is 0 Å². The van der Waals surface area contributed by atoms with Gasteiger partial charge in [-0.1, -0.05) is 23.1 Å². The molecule has 0 atom stereocenters. The van der Waals surface area contributed by atoms with Crippen LogP contribution in [0.3, 0.4) is 0 Å². The van der Waals surface area contributed by atoms with E-state index in [-0.39, 0.29) is 5.84 Å². The van der Waals surface area contributed by atoms with E-state index in [1.807, 2.05) is 0 Å². The van der Waals surface area contributed by atoms with Crippen LogP contribution in [0.1, 0.15) is 0 Å². The standard InChI is InChI=1S/C4H6N4S3/c5-2(6)1-10-4-8-7-3(9)11-4/h1H2,(H3,5,6)(H,7,9). The molecule has 0 aliphatic rings. The van der Waals surface area contributed by atoms with Crippen LogP contribution in [-0.4, -0.2) is 21.8 Å². The number of rotatable bonds is 3. The SMILES string of the molecule is N=C(N)CSc1nnc(S)s1. The average molecular weight is 206 g/mol. The number of thiol groups is 1. The highest BCUT2D eigenvalue weighted by atomic mass is 32.2. The van der Waals surface area contributed by atoms with Gasteiger partial charge in [0.05, 0.1) is 5.75 Å². The van der Waals surface area contributed by atoms with Crippen LogP contribution in [0.15, 0.2) is 8.68 Å². The van der Waals surface area contributed by atoms with E-state index in [4.69, 9.17) is 11.1 Å². The van der Waals surface area contributed by atoms with Crippen molar-refractivity contribution in [1.29, 1.82) is 5.41 Å². The number of hydrogen-bond acceptors (Lipinski definition) is 6. The molecule has 1 aromatic rings. The Labute approximate surface area is 77.5 Å². The summed E-state index contributed by atoms with van der Waals surface area (Å²) in [6.45, 7) is 0. The van der Waals surface area contributed by atoms with Gasteiger partial charge < -0.3 is 5.73 Å². The van der Waals surface area contributed by atoms with Gasteiger partial charge in [0.1, 0.15) is 5.84 Å². The van der Waals surface area contributed by atoms with Crippen molar-refractivity contribution in [2.75, 3.05) is 5.75 Å². The van der Waals surface area contributed by atoms with E-state index in [0.717, 1.165) is 4.34 Å². The van der Waals surface area contributed by atoms with Crippen LogP contribution in [0.4, 0.5) is 0 Å². The molecule has 0 spiro atoms. The lowest BCUT2D eigenvalue weighted by atomic mass is 10.7. The third-order valence-electron chi connectivity index (χ3n) is 0.747. The van der Waals surface area contributed by atoms with Gasteiger partial charge in [-0.05, 0) is 0 Å². The van der Waals surface area contributed by atoms with Crippen LogP contribution in [0, 0.1) is 5.41 Å². The molecule has 7 heteroatoms. The third-order valence-corrected chi connectivity index (χ3v) is 3.02. The first-order valence-corrected chi connectivity index (χ1v) is 4.91. The first-order chi connectivity index (χ1) is 5.18. The van der Waals surface area contributed by atoms with E-state index in [1.165, 1.54) is 23.1 Å². The van der Waals surface area contributed by atoms with Crippen molar-refractivity contribution in [2.24, 2.45) is 5.73 Å². The smallest absolute Gasteiger partial charge is 0.175 e. The molecule has 0 radical (unpaired) electrons. The summed E-state index contributed by atoms with van der Waals surface area (Å²) in [6, 6.07) is 0. The number of hydrogen-bond donors (Lipinski definition) is 3. The van der Waals surface area contributed by atoms with Gasteiger partial charge in [0.25, 0.3) is 0 Å². The van der Waals surface area contributed by atoms with E-state index in [0.29, 0.717) is 10.1 Å². The zero-order chi connectivity index (χ0) is 8.27. The van der Waals surface area contributed by atoms with Crippen molar-refractivity contribution >= 4 is 41.6 Å². The molecule has 4 nitrogen and oxygen atoms in total. The Bertz CT molecular complexity index is 258. The molecule has 3 N–H and O–H groups in total. The highest BCUT2D eigenvalue weighted by Crippen LogP contribution is 2.23. The molecule has 0 aliphatic carbocycles. The van der Waals surface area contributed by atoms with E-state index in [9.17, 15) is 0 Å². The number of thioether (sulfide) groups is 1.